The summed E-state index contributed by atoms with van der Waals surface area (Å²) in [6.45, 7) is 2.38. The standard InChI is InChI=1S/C43H32BN3/c1-31-29-36(45(32-17-6-2-7-18-32)33-19-8-3-9-20-33)30-41-42(31)44-37-25-14-15-26-38(37)46(34-21-10-4-11-22-34)39-27-16-28-40(43(39)44)47(41)35-23-12-5-13-24-35/h2-30H,1H3. The molecule has 2 heterocycles. The van der Waals surface area contributed by atoms with E-state index in [1.807, 2.05) is 0 Å². The lowest BCUT2D eigenvalue weighted by Crippen LogP contribution is -2.62. The van der Waals surface area contributed by atoms with Gasteiger partial charge in [0, 0.05) is 51.2 Å². The molecule has 0 fully saturated rings. The lowest BCUT2D eigenvalue weighted by atomic mass is 9.33. The van der Waals surface area contributed by atoms with Crippen LogP contribution in [0.5, 0.6) is 0 Å². The third-order valence-corrected chi connectivity index (χ3v) is 9.51. The summed E-state index contributed by atoms with van der Waals surface area (Å²) in [6, 6.07) is 63.5. The fourth-order valence-corrected chi connectivity index (χ4v) is 7.64. The average molecular weight is 602 g/mol. The van der Waals surface area contributed by atoms with Crippen LogP contribution in [-0.4, -0.2) is 6.71 Å². The molecule has 7 aromatic rings. The molecule has 0 spiro atoms. The Morgan fingerprint density at radius 3 is 1.45 bits per heavy atom. The molecule has 9 rings (SSSR count). The third-order valence-electron chi connectivity index (χ3n) is 9.51. The summed E-state index contributed by atoms with van der Waals surface area (Å²) in [4.78, 5) is 7.29. The first-order valence-corrected chi connectivity index (χ1v) is 16.2. The zero-order valence-corrected chi connectivity index (χ0v) is 26.2. The minimum atomic E-state index is 0.0864. The lowest BCUT2D eigenvalue weighted by Gasteiger charge is -2.45. The van der Waals surface area contributed by atoms with Crippen molar-refractivity contribution in [1.29, 1.82) is 0 Å². The molecule has 0 bridgehead atoms. The van der Waals surface area contributed by atoms with E-state index in [9.17, 15) is 0 Å². The van der Waals surface area contributed by atoms with Crippen molar-refractivity contribution in [2.75, 3.05) is 14.7 Å². The zero-order valence-electron chi connectivity index (χ0n) is 26.2. The molecule has 2 aliphatic rings. The van der Waals surface area contributed by atoms with E-state index >= 15 is 0 Å². The SMILES string of the molecule is Cc1cc(N(c2ccccc2)c2ccccc2)cc2c1B1c3ccccc3N(c3ccccc3)c3cccc(c31)N2c1ccccc1. The van der Waals surface area contributed by atoms with E-state index in [0.717, 1.165) is 28.4 Å². The van der Waals surface area contributed by atoms with Crippen molar-refractivity contribution in [1.82, 2.24) is 0 Å². The number of hydrogen-bond donors (Lipinski definition) is 0. The highest BCUT2D eigenvalue weighted by Gasteiger charge is 2.44. The Balaban J connectivity index is 1.34. The molecule has 3 nitrogen and oxygen atoms in total. The molecule has 0 saturated carbocycles. The van der Waals surface area contributed by atoms with Crippen LogP contribution >= 0.6 is 0 Å². The van der Waals surface area contributed by atoms with Crippen molar-refractivity contribution in [2.24, 2.45) is 0 Å². The zero-order chi connectivity index (χ0) is 31.3. The maximum atomic E-state index is 2.48. The topological polar surface area (TPSA) is 9.72 Å². The lowest BCUT2D eigenvalue weighted by molar-refractivity contribution is 1.23. The van der Waals surface area contributed by atoms with Crippen LogP contribution in [0.4, 0.5) is 51.2 Å². The summed E-state index contributed by atoms with van der Waals surface area (Å²) < 4.78 is 0. The van der Waals surface area contributed by atoms with E-state index < -0.39 is 0 Å². The van der Waals surface area contributed by atoms with Gasteiger partial charge in [-0.05, 0) is 102 Å². The van der Waals surface area contributed by atoms with Gasteiger partial charge in [-0.3, -0.25) is 0 Å². The van der Waals surface area contributed by atoms with E-state index in [1.165, 1.54) is 44.7 Å². The predicted octanol–water partition coefficient (Wildman–Crippen LogP) is 9.55. The molecule has 0 N–H and O–H groups in total. The molecule has 0 atom stereocenters. The van der Waals surface area contributed by atoms with Gasteiger partial charge in [0.1, 0.15) is 0 Å². The van der Waals surface area contributed by atoms with Crippen molar-refractivity contribution in [3.63, 3.8) is 0 Å². The van der Waals surface area contributed by atoms with Gasteiger partial charge in [-0.15, -0.1) is 0 Å². The first-order chi connectivity index (χ1) is 23.3. The summed E-state index contributed by atoms with van der Waals surface area (Å²) in [7, 11) is 0. The van der Waals surface area contributed by atoms with E-state index in [2.05, 4.69) is 198 Å². The second-order valence-corrected chi connectivity index (χ2v) is 12.2. The molecular weight excluding hydrogens is 569 g/mol. The van der Waals surface area contributed by atoms with Crippen LogP contribution in [0.3, 0.4) is 0 Å². The number of para-hydroxylation sites is 5. The number of nitrogens with zero attached hydrogens (tertiary/aromatic N) is 3. The van der Waals surface area contributed by atoms with Crippen LogP contribution in [0.15, 0.2) is 176 Å². The monoisotopic (exact) mass is 601 g/mol. The average Bonchev–Trinajstić information content (AvgIpc) is 3.13. The Bertz CT molecular complexity index is 2180. The normalized spacial score (nSPS) is 12.7. The summed E-state index contributed by atoms with van der Waals surface area (Å²) >= 11 is 0. The number of fused-ring (bicyclic) bond motifs is 4. The van der Waals surface area contributed by atoms with E-state index in [4.69, 9.17) is 0 Å². The Kier molecular flexibility index (Phi) is 6.46. The van der Waals surface area contributed by atoms with Gasteiger partial charge in [0.15, 0.2) is 0 Å². The highest BCUT2D eigenvalue weighted by molar-refractivity contribution is 7.00. The summed E-state index contributed by atoms with van der Waals surface area (Å²) in [5.41, 5.74) is 15.9. The van der Waals surface area contributed by atoms with Gasteiger partial charge in [-0.1, -0.05) is 103 Å². The number of hydrogen-bond acceptors (Lipinski definition) is 3. The first kappa shape index (κ1) is 27.3. The van der Waals surface area contributed by atoms with Crippen molar-refractivity contribution in [3.8, 4) is 0 Å². The predicted molar refractivity (Wildman–Crippen MR) is 200 cm³/mol. The largest absolute Gasteiger partial charge is 0.311 e. The van der Waals surface area contributed by atoms with Gasteiger partial charge >= 0.3 is 0 Å². The molecule has 222 valence electrons. The van der Waals surface area contributed by atoms with Crippen LogP contribution in [-0.2, 0) is 0 Å². The summed E-state index contributed by atoms with van der Waals surface area (Å²) in [6.07, 6.45) is 0. The Labute approximate surface area is 276 Å². The van der Waals surface area contributed by atoms with E-state index in [1.54, 1.807) is 0 Å². The van der Waals surface area contributed by atoms with Gasteiger partial charge < -0.3 is 14.7 Å². The molecule has 2 aliphatic heterocycles. The van der Waals surface area contributed by atoms with Crippen LogP contribution in [0.1, 0.15) is 5.56 Å². The quantitative estimate of drug-likeness (QED) is 0.182. The van der Waals surface area contributed by atoms with Gasteiger partial charge in [0.25, 0.3) is 6.71 Å². The summed E-state index contributed by atoms with van der Waals surface area (Å²) in [5, 5.41) is 0. The second-order valence-electron chi connectivity index (χ2n) is 12.2. The molecule has 0 radical (unpaired) electrons. The molecule has 0 unspecified atom stereocenters. The Morgan fingerprint density at radius 2 is 0.872 bits per heavy atom. The van der Waals surface area contributed by atoms with Crippen molar-refractivity contribution in [2.45, 2.75) is 6.92 Å². The molecule has 0 amide bonds. The van der Waals surface area contributed by atoms with Crippen molar-refractivity contribution >= 4 is 74.3 Å². The molecule has 0 aromatic heterocycles. The van der Waals surface area contributed by atoms with Gasteiger partial charge in [-0.25, -0.2) is 0 Å². The van der Waals surface area contributed by atoms with E-state index in [-0.39, 0.29) is 6.71 Å². The maximum Gasteiger partial charge on any atom is 0.252 e. The summed E-state index contributed by atoms with van der Waals surface area (Å²) in [5.74, 6) is 0. The Hall–Kier alpha value is -6.00. The van der Waals surface area contributed by atoms with Crippen LogP contribution in [0, 0.1) is 6.92 Å². The molecule has 0 aliphatic carbocycles. The smallest absolute Gasteiger partial charge is 0.252 e. The maximum absolute atomic E-state index is 2.48. The second kappa shape index (κ2) is 11.1. The van der Waals surface area contributed by atoms with E-state index in [0.29, 0.717) is 0 Å². The third kappa shape index (κ3) is 4.37. The van der Waals surface area contributed by atoms with Gasteiger partial charge in [0.05, 0.1) is 0 Å². The van der Waals surface area contributed by atoms with Gasteiger partial charge in [0.2, 0.25) is 0 Å². The number of anilines is 9. The highest BCUT2D eigenvalue weighted by atomic mass is 15.2. The minimum absolute atomic E-state index is 0.0864. The first-order valence-electron chi connectivity index (χ1n) is 16.2. The molecular formula is C43H32BN3. The molecule has 0 saturated heterocycles. The van der Waals surface area contributed by atoms with Crippen molar-refractivity contribution in [3.05, 3.63) is 181 Å². The molecule has 47 heavy (non-hydrogen) atoms. The fraction of sp³-hybridized carbons (Fsp3) is 0.0233. The Morgan fingerprint density at radius 1 is 0.404 bits per heavy atom. The van der Waals surface area contributed by atoms with Crippen LogP contribution in [0.25, 0.3) is 0 Å². The van der Waals surface area contributed by atoms with Crippen LogP contribution in [0.2, 0.25) is 0 Å². The number of rotatable bonds is 5. The minimum Gasteiger partial charge on any atom is -0.311 e. The van der Waals surface area contributed by atoms with Crippen molar-refractivity contribution < 1.29 is 0 Å². The highest BCUT2D eigenvalue weighted by Crippen LogP contribution is 2.46. The fourth-order valence-electron chi connectivity index (χ4n) is 7.64. The molecule has 7 aromatic carbocycles. The number of benzene rings is 7. The van der Waals surface area contributed by atoms with Crippen LogP contribution < -0.4 is 31.1 Å². The number of aryl methyl sites for hydroxylation is 1. The molecule has 4 heteroatoms. The van der Waals surface area contributed by atoms with Gasteiger partial charge in [-0.2, -0.15) is 0 Å².